The second kappa shape index (κ2) is 6.19. The van der Waals surface area contributed by atoms with Crippen molar-refractivity contribution in [2.45, 2.75) is 31.6 Å². The molecule has 0 N–H and O–H groups in total. The molecule has 0 radical (unpaired) electrons. The van der Waals surface area contributed by atoms with E-state index in [9.17, 15) is 0 Å². The molecular formula is C23H24P+. The highest BCUT2D eigenvalue weighted by molar-refractivity contribution is 7.89. The van der Waals surface area contributed by atoms with E-state index in [-0.39, 0.29) is 0 Å². The highest BCUT2D eigenvalue weighted by atomic mass is 31.2. The number of hydrogen-bond acceptors (Lipinski definition) is 0. The van der Waals surface area contributed by atoms with E-state index in [0.29, 0.717) is 11.6 Å². The summed E-state index contributed by atoms with van der Waals surface area (Å²) in [7, 11) is -1.47. The van der Waals surface area contributed by atoms with Crippen LogP contribution in [0, 0.1) is 0 Å². The molecule has 3 aromatic rings. The van der Waals surface area contributed by atoms with Crippen molar-refractivity contribution in [3.8, 4) is 0 Å². The maximum Gasteiger partial charge on any atom is 0.0998 e. The number of hydrogen-bond donors (Lipinski definition) is 0. The zero-order valence-electron chi connectivity index (χ0n) is 14.4. The van der Waals surface area contributed by atoms with Gasteiger partial charge < -0.3 is 0 Å². The van der Waals surface area contributed by atoms with E-state index in [1.54, 1.807) is 21.7 Å². The summed E-state index contributed by atoms with van der Waals surface area (Å²) in [5.74, 6) is 0.587. The van der Waals surface area contributed by atoms with Gasteiger partial charge in [-0.25, -0.2) is 0 Å². The molecule has 0 saturated carbocycles. The van der Waals surface area contributed by atoms with Crippen molar-refractivity contribution in [1.82, 2.24) is 0 Å². The Balaban J connectivity index is 1.98. The summed E-state index contributed by atoms with van der Waals surface area (Å²) in [5.41, 5.74) is 3.74. The van der Waals surface area contributed by atoms with Gasteiger partial charge >= 0.3 is 0 Å². The van der Waals surface area contributed by atoms with Crippen molar-refractivity contribution in [3.05, 3.63) is 96.1 Å². The van der Waals surface area contributed by atoms with Crippen LogP contribution >= 0.6 is 7.26 Å². The molecule has 1 aliphatic heterocycles. The summed E-state index contributed by atoms with van der Waals surface area (Å²) in [6.45, 7) is 4.90. The van der Waals surface area contributed by atoms with Gasteiger partial charge in [0.25, 0.3) is 0 Å². The van der Waals surface area contributed by atoms with Crippen molar-refractivity contribution >= 4 is 17.9 Å². The molecule has 0 amide bonds. The first kappa shape index (κ1) is 15.6. The van der Waals surface area contributed by atoms with Gasteiger partial charge in [0.05, 0.1) is 29.7 Å². The van der Waals surface area contributed by atoms with E-state index in [0.717, 1.165) is 0 Å². The molecule has 24 heavy (non-hydrogen) atoms. The van der Waals surface area contributed by atoms with Gasteiger partial charge in [0.1, 0.15) is 0 Å². The Hall–Kier alpha value is -1.91. The fourth-order valence-electron chi connectivity index (χ4n) is 4.37. The van der Waals surface area contributed by atoms with Crippen LogP contribution in [0.1, 0.15) is 30.9 Å². The molecule has 3 aromatic carbocycles. The Bertz CT molecular complexity index is 783. The zero-order valence-corrected chi connectivity index (χ0v) is 15.3. The van der Waals surface area contributed by atoms with Gasteiger partial charge in [0.2, 0.25) is 0 Å². The standard InChI is InChI=1S/C23H24P/c1-18-19(2)24(21-12-5-3-6-13-21,22-14-7-4-8-15-22)17-20-11-9-10-16-23(18)20/h3-16,18-19H,17H2,1-2H3/q+1. The maximum absolute atomic E-state index is 2.48. The molecule has 2 atom stereocenters. The molecular weight excluding hydrogens is 307 g/mol. The first-order valence-electron chi connectivity index (χ1n) is 8.80. The Kier molecular flexibility index (Phi) is 4.02. The van der Waals surface area contributed by atoms with Crippen molar-refractivity contribution in [1.29, 1.82) is 0 Å². The van der Waals surface area contributed by atoms with Crippen LogP contribution in [0.2, 0.25) is 0 Å². The van der Waals surface area contributed by atoms with Crippen molar-refractivity contribution in [2.75, 3.05) is 0 Å². The number of rotatable bonds is 2. The quantitative estimate of drug-likeness (QED) is 0.555. The van der Waals surface area contributed by atoms with E-state index in [1.807, 2.05) is 0 Å². The van der Waals surface area contributed by atoms with Crippen LogP contribution in [0.25, 0.3) is 0 Å². The van der Waals surface area contributed by atoms with Crippen molar-refractivity contribution in [2.24, 2.45) is 0 Å². The van der Waals surface area contributed by atoms with Crippen molar-refractivity contribution in [3.63, 3.8) is 0 Å². The highest BCUT2D eigenvalue weighted by Gasteiger charge is 2.53. The fraction of sp³-hybridized carbons (Fsp3) is 0.217. The third kappa shape index (κ3) is 2.33. The Morgan fingerprint density at radius 3 is 1.75 bits per heavy atom. The molecule has 0 bridgehead atoms. The molecule has 0 nitrogen and oxygen atoms in total. The fourth-order valence-corrected chi connectivity index (χ4v) is 9.42. The Morgan fingerprint density at radius 2 is 1.17 bits per heavy atom. The average Bonchev–Trinajstić information content (AvgIpc) is 2.66. The molecule has 1 aliphatic rings. The lowest BCUT2D eigenvalue weighted by atomic mass is 9.93. The lowest BCUT2D eigenvalue weighted by molar-refractivity contribution is 0.716. The van der Waals surface area contributed by atoms with Crippen LogP contribution in [-0.2, 0) is 6.16 Å². The van der Waals surface area contributed by atoms with Gasteiger partial charge in [-0.1, -0.05) is 67.6 Å². The van der Waals surface area contributed by atoms with Crippen LogP contribution in [0.4, 0.5) is 0 Å². The Morgan fingerprint density at radius 1 is 0.667 bits per heavy atom. The van der Waals surface area contributed by atoms with E-state index in [1.165, 1.54) is 6.16 Å². The van der Waals surface area contributed by atoms with Crippen LogP contribution in [-0.4, -0.2) is 5.66 Å². The first-order chi connectivity index (χ1) is 11.7. The molecule has 0 aliphatic carbocycles. The van der Waals surface area contributed by atoms with Gasteiger partial charge in [-0.15, -0.1) is 0 Å². The molecule has 1 heterocycles. The summed E-state index contributed by atoms with van der Waals surface area (Å²) in [6, 6.07) is 31.6. The van der Waals surface area contributed by atoms with Crippen molar-refractivity contribution < 1.29 is 0 Å². The Labute approximate surface area is 145 Å². The molecule has 120 valence electrons. The molecule has 0 saturated heterocycles. The summed E-state index contributed by atoms with van der Waals surface area (Å²) in [6.07, 6.45) is 1.18. The third-order valence-corrected chi connectivity index (χ3v) is 10.9. The minimum absolute atomic E-state index is 0.587. The smallest absolute Gasteiger partial charge is 0.0620 e. The van der Waals surface area contributed by atoms with E-state index < -0.39 is 7.26 Å². The summed E-state index contributed by atoms with van der Waals surface area (Å²) in [5, 5.41) is 3.09. The second-order valence-electron chi connectivity index (χ2n) is 6.93. The van der Waals surface area contributed by atoms with E-state index in [2.05, 4.69) is 98.8 Å². The largest absolute Gasteiger partial charge is 0.0998 e. The number of fused-ring (bicyclic) bond motifs is 1. The number of benzene rings is 3. The van der Waals surface area contributed by atoms with E-state index in [4.69, 9.17) is 0 Å². The molecule has 4 rings (SSSR count). The third-order valence-electron chi connectivity index (χ3n) is 5.82. The van der Waals surface area contributed by atoms with Gasteiger partial charge in [0.15, 0.2) is 0 Å². The first-order valence-corrected chi connectivity index (χ1v) is 10.8. The van der Waals surface area contributed by atoms with Gasteiger partial charge in [0, 0.05) is 5.92 Å². The predicted octanol–water partition coefficient (Wildman–Crippen LogP) is 5.36. The minimum atomic E-state index is -1.47. The summed E-state index contributed by atoms with van der Waals surface area (Å²) < 4.78 is 0. The summed E-state index contributed by atoms with van der Waals surface area (Å²) >= 11 is 0. The molecule has 0 spiro atoms. The topological polar surface area (TPSA) is 0 Å². The lowest BCUT2D eigenvalue weighted by Gasteiger charge is -2.41. The minimum Gasteiger partial charge on any atom is -0.0620 e. The molecule has 0 fully saturated rings. The summed E-state index contributed by atoms with van der Waals surface area (Å²) in [4.78, 5) is 0. The van der Waals surface area contributed by atoms with E-state index >= 15 is 0 Å². The van der Waals surface area contributed by atoms with Crippen LogP contribution in [0.5, 0.6) is 0 Å². The van der Waals surface area contributed by atoms with Gasteiger partial charge in [-0.3, -0.25) is 0 Å². The maximum atomic E-state index is 2.48. The van der Waals surface area contributed by atoms with Crippen LogP contribution in [0.15, 0.2) is 84.9 Å². The molecule has 1 heteroatoms. The zero-order chi connectivity index (χ0) is 16.6. The molecule has 0 aromatic heterocycles. The monoisotopic (exact) mass is 331 g/mol. The average molecular weight is 331 g/mol. The lowest BCUT2D eigenvalue weighted by Crippen LogP contribution is -2.37. The molecule has 2 unspecified atom stereocenters. The normalized spacial score (nSPS) is 21.9. The highest BCUT2D eigenvalue weighted by Crippen LogP contribution is 2.69. The van der Waals surface area contributed by atoms with Gasteiger partial charge in [-0.05, 0) is 42.3 Å². The second-order valence-corrected chi connectivity index (χ2v) is 10.8. The predicted molar refractivity (Wildman–Crippen MR) is 107 cm³/mol. The van der Waals surface area contributed by atoms with Crippen LogP contribution in [0.3, 0.4) is 0 Å². The van der Waals surface area contributed by atoms with Gasteiger partial charge in [-0.2, -0.15) is 0 Å². The SMILES string of the molecule is CC1c2ccccc2C[P+](c2ccccc2)(c2ccccc2)C1C. The van der Waals surface area contributed by atoms with Crippen LogP contribution < -0.4 is 10.6 Å².